The van der Waals surface area contributed by atoms with E-state index in [9.17, 15) is 4.39 Å². The predicted octanol–water partition coefficient (Wildman–Crippen LogP) is 3.00. The van der Waals surface area contributed by atoms with E-state index >= 15 is 0 Å². The number of nitrogens with zero attached hydrogens (tertiary/aromatic N) is 4. The molecule has 108 valence electrons. The molecule has 0 aliphatic heterocycles. The largest absolute Gasteiger partial charge is 0.488 e. The normalized spacial score (nSPS) is 11.1. The Labute approximate surface area is 125 Å². The molecule has 0 fully saturated rings. The van der Waals surface area contributed by atoms with E-state index in [0.717, 1.165) is 16.5 Å². The summed E-state index contributed by atoms with van der Waals surface area (Å²) >= 11 is 0. The zero-order valence-corrected chi connectivity index (χ0v) is 11.5. The van der Waals surface area contributed by atoms with Gasteiger partial charge >= 0.3 is 0 Å². The maximum absolute atomic E-state index is 13.2. The van der Waals surface area contributed by atoms with Gasteiger partial charge in [0.05, 0.1) is 10.9 Å². The molecule has 0 aliphatic carbocycles. The first-order valence-corrected chi connectivity index (χ1v) is 6.76. The van der Waals surface area contributed by atoms with Gasteiger partial charge < -0.3 is 4.74 Å². The molecule has 2 aromatic carbocycles. The average molecular weight is 294 g/mol. The Morgan fingerprint density at radius 2 is 2.00 bits per heavy atom. The van der Waals surface area contributed by atoms with Crippen LogP contribution in [-0.4, -0.2) is 19.6 Å². The molecule has 0 saturated carbocycles. The Morgan fingerprint density at radius 1 is 1.09 bits per heavy atom. The second kappa shape index (κ2) is 5.07. The van der Waals surface area contributed by atoms with Crippen LogP contribution in [0.2, 0.25) is 0 Å². The van der Waals surface area contributed by atoms with Gasteiger partial charge in [-0.05, 0) is 29.8 Å². The van der Waals surface area contributed by atoms with Crippen molar-refractivity contribution < 1.29 is 9.13 Å². The average Bonchev–Trinajstić information content (AvgIpc) is 3.02. The molecule has 0 atom stereocenters. The van der Waals surface area contributed by atoms with Crippen LogP contribution in [0.15, 0.2) is 55.0 Å². The van der Waals surface area contributed by atoms with Gasteiger partial charge in [0.25, 0.3) is 5.78 Å². The summed E-state index contributed by atoms with van der Waals surface area (Å²) in [7, 11) is 0. The Kier molecular flexibility index (Phi) is 2.93. The quantitative estimate of drug-likeness (QED) is 0.583. The Hall–Kier alpha value is -3.02. The van der Waals surface area contributed by atoms with Crippen LogP contribution in [0, 0.1) is 5.82 Å². The van der Waals surface area contributed by atoms with Crippen molar-refractivity contribution in [2.45, 2.75) is 6.61 Å². The molecule has 4 aromatic rings. The van der Waals surface area contributed by atoms with E-state index in [1.54, 1.807) is 16.8 Å². The predicted molar refractivity (Wildman–Crippen MR) is 79.0 cm³/mol. The van der Waals surface area contributed by atoms with Gasteiger partial charge in [-0.1, -0.05) is 18.2 Å². The molecule has 0 bridgehead atoms. The number of halogens is 1. The highest BCUT2D eigenvalue weighted by atomic mass is 19.1. The van der Waals surface area contributed by atoms with Gasteiger partial charge in [0.15, 0.2) is 0 Å². The van der Waals surface area contributed by atoms with Gasteiger partial charge in [-0.2, -0.15) is 14.6 Å². The monoisotopic (exact) mass is 294 g/mol. The number of fused-ring (bicyclic) bond motifs is 3. The smallest absolute Gasteiger partial charge is 0.252 e. The number of ether oxygens (including phenoxy) is 1. The molecule has 6 heteroatoms. The maximum atomic E-state index is 13.2. The summed E-state index contributed by atoms with van der Waals surface area (Å²) in [5.74, 6) is 0.937. The van der Waals surface area contributed by atoms with Gasteiger partial charge in [0, 0.05) is 6.20 Å². The van der Waals surface area contributed by atoms with Gasteiger partial charge in [-0.25, -0.2) is 9.37 Å². The highest BCUT2D eigenvalue weighted by Crippen LogP contribution is 2.25. The summed E-state index contributed by atoms with van der Waals surface area (Å²) in [6, 6.07) is 12.0. The molecule has 0 saturated heterocycles. The molecule has 5 nitrogen and oxygen atoms in total. The Morgan fingerprint density at radius 3 is 2.91 bits per heavy atom. The summed E-state index contributed by atoms with van der Waals surface area (Å²) in [5.41, 5.74) is 1.63. The molecule has 0 spiro atoms. The van der Waals surface area contributed by atoms with E-state index < -0.39 is 0 Å². The van der Waals surface area contributed by atoms with Crippen molar-refractivity contribution in [3.05, 3.63) is 66.4 Å². The first kappa shape index (κ1) is 12.7. The van der Waals surface area contributed by atoms with Crippen LogP contribution in [0.25, 0.3) is 16.7 Å². The molecule has 0 amide bonds. The molecule has 0 unspecified atom stereocenters. The van der Waals surface area contributed by atoms with Crippen molar-refractivity contribution in [1.29, 1.82) is 0 Å². The zero-order chi connectivity index (χ0) is 14.9. The lowest BCUT2D eigenvalue weighted by molar-refractivity contribution is 0.309. The highest BCUT2D eigenvalue weighted by molar-refractivity contribution is 5.85. The molecule has 0 radical (unpaired) electrons. The SMILES string of the molecule is Fc1cccc(COc2cccc3c2cnc2ncnn23)c1. The second-order valence-electron chi connectivity index (χ2n) is 4.84. The number of benzene rings is 2. The van der Waals surface area contributed by atoms with E-state index in [4.69, 9.17) is 4.74 Å². The summed E-state index contributed by atoms with van der Waals surface area (Å²) in [5, 5.41) is 4.99. The van der Waals surface area contributed by atoms with E-state index in [2.05, 4.69) is 15.1 Å². The third-order valence-electron chi connectivity index (χ3n) is 3.39. The van der Waals surface area contributed by atoms with E-state index in [1.807, 2.05) is 24.3 Å². The van der Waals surface area contributed by atoms with Crippen LogP contribution in [0.5, 0.6) is 5.75 Å². The van der Waals surface area contributed by atoms with Crippen molar-refractivity contribution >= 4 is 16.7 Å². The second-order valence-corrected chi connectivity index (χ2v) is 4.84. The maximum Gasteiger partial charge on any atom is 0.252 e. The van der Waals surface area contributed by atoms with Crippen LogP contribution in [0.1, 0.15) is 5.56 Å². The topological polar surface area (TPSA) is 52.3 Å². The van der Waals surface area contributed by atoms with Gasteiger partial charge in [-0.3, -0.25) is 0 Å². The molecular formula is C16H11FN4O. The molecule has 2 aromatic heterocycles. The number of hydrogen-bond donors (Lipinski definition) is 0. The fourth-order valence-electron chi connectivity index (χ4n) is 2.38. The lowest BCUT2D eigenvalue weighted by Gasteiger charge is -2.09. The van der Waals surface area contributed by atoms with Gasteiger partial charge in [0.1, 0.15) is 24.5 Å². The minimum Gasteiger partial charge on any atom is -0.488 e. The van der Waals surface area contributed by atoms with Crippen molar-refractivity contribution in [3.63, 3.8) is 0 Å². The molecule has 0 aliphatic rings. The van der Waals surface area contributed by atoms with Crippen LogP contribution in [-0.2, 0) is 6.61 Å². The van der Waals surface area contributed by atoms with Crippen LogP contribution in [0.3, 0.4) is 0 Å². The summed E-state index contributed by atoms with van der Waals surface area (Å²) in [6.45, 7) is 0.284. The fourth-order valence-corrected chi connectivity index (χ4v) is 2.38. The van der Waals surface area contributed by atoms with Crippen molar-refractivity contribution in [1.82, 2.24) is 19.6 Å². The van der Waals surface area contributed by atoms with E-state index in [1.165, 1.54) is 18.5 Å². The fraction of sp³-hybridized carbons (Fsp3) is 0.0625. The van der Waals surface area contributed by atoms with Gasteiger partial charge in [-0.15, -0.1) is 0 Å². The number of hydrogen-bond acceptors (Lipinski definition) is 4. The highest BCUT2D eigenvalue weighted by Gasteiger charge is 2.08. The van der Waals surface area contributed by atoms with E-state index in [-0.39, 0.29) is 12.4 Å². The van der Waals surface area contributed by atoms with Crippen LogP contribution < -0.4 is 4.74 Å². The third kappa shape index (κ3) is 2.14. The third-order valence-corrected chi connectivity index (χ3v) is 3.39. The first-order valence-electron chi connectivity index (χ1n) is 6.76. The van der Waals surface area contributed by atoms with Crippen molar-refractivity contribution in [2.75, 3.05) is 0 Å². The molecule has 2 heterocycles. The zero-order valence-electron chi connectivity index (χ0n) is 11.5. The van der Waals surface area contributed by atoms with Crippen LogP contribution >= 0.6 is 0 Å². The Balaban J connectivity index is 1.72. The summed E-state index contributed by atoms with van der Waals surface area (Å²) < 4.78 is 20.7. The number of rotatable bonds is 3. The molecule has 22 heavy (non-hydrogen) atoms. The first-order chi connectivity index (χ1) is 10.8. The summed E-state index contributed by atoms with van der Waals surface area (Å²) in [6.07, 6.45) is 3.17. The van der Waals surface area contributed by atoms with Crippen molar-refractivity contribution in [2.24, 2.45) is 0 Å². The lowest BCUT2D eigenvalue weighted by atomic mass is 10.2. The van der Waals surface area contributed by atoms with E-state index in [0.29, 0.717) is 11.5 Å². The van der Waals surface area contributed by atoms with Gasteiger partial charge in [0.2, 0.25) is 0 Å². The molecule has 4 rings (SSSR count). The minimum atomic E-state index is -0.273. The summed E-state index contributed by atoms with van der Waals surface area (Å²) in [4.78, 5) is 8.31. The number of aromatic nitrogens is 4. The minimum absolute atomic E-state index is 0.273. The lowest BCUT2D eigenvalue weighted by Crippen LogP contribution is -1.99. The van der Waals surface area contributed by atoms with Crippen molar-refractivity contribution in [3.8, 4) is 5.75 Å². The van der Waals surface area contributed by atoms with Crippen LogP contribution in [0.4, 0.5) is 4.39 Å². The molecule has 0 N–H and O–H groups in total. The Bertz CT molecular complexity index is 967. The standard InChI is InChI=1S/C16H11FN4O/c17-12-4-1-3-11(7-12)9-22-15-6-2-5-14-13(15)8-18-16-19-10-20-21(14)16/h1-8,10H,9H2. The molecular weight excluding hydrogens is 283 g/mol.